The molecule has 1 aromatic heterocycles. The van der Waals surface area contributed by atoms with Crippen molar-refractivity contribution in [3.05, 3.63) is 54.4 Å². The maximum Gasteiger partial charge on any atom is 0.263 e. The Morgan fingerprint density at radius 1 is 1.11 bits per heavy atom. The molecule has 18 heavy (non-hydrogen) atoms. The second kappa shape index (κ2) is 5.16. The van der Waals surface area contributed by atoms with Gasteiger partial charge < -0.3 is 5.73 Å². The molecule has 2 rings (SSSR count). The molecule has 0 aliphatic heterocycles. The van der Waals surface area contributed by atoms with Gasteiger partial charge in [-0.3, -0.25) is 9.71 Å². The first-order valence-electron chi connectivity index (χ1n) is 5.35. The molecular formula is C12H13N3O2S. The molecule has 3 N–H and O–H groups in total. The van der Waals surface area contributed by atoms with E-state index in [9.17, 15) is 8.42 Å². The predicted octanol–water partition coefficient (Wildman–Crippen LogP) is 1.34. The minimum absolute atomic E-state index is 0.114. The molecular weight excluding hydrogens is 250 g/mol. The SMILES string of the molecule is NCc1ccc(S(=O)(=O)Nc2ccccc2)cn1. The van der Waals surface area contributed by atoms with Crippen molar-refractivity contribution < 1.29 is 8.42 Å². The van der Waals surface area contributed by atoms with Gasteiger partial charge >= 0.3 is 0 Å². The third-order valence-corrected chi connectivity index (χ3v) is 3.71. The van der Waals surface area contributed by atoms with E-state index >= 15 is 0 Å². The van der Waals surface area contributed by atoms with E-state index in [0.29, 0.717) is 11.4 Å². The van der Waals surface area contributed by atoms with E-state index in [-0.39, 0.29) is 11.4 Å². The van der Waals surface area contributed by atoms with Gasteiger partial charge in [0.15, 0.2) is 0 Å². The van der Waals surface area contributed by atoms with Crippen molar-refractivity contribution >= 4 is 15.7 Å². The third kappa shape index (κ3) is 2.85. The first-order valence-corrected chi connectivity index (χ1v) is 6.83. The molecule has 1 heterocycles. The minimum Gasteiger partial charge on any atom is -0.325 e. The lowest BCUT2D eigenvalue weighted by Gasteiger charge is -2.07. The molecule has 0 amide bonds. The highest BCUT2D eigenvalue weighted by atomic mass is 32.2. The smallest absolute Gasteiger partial charge is 0.263 e. The van der Waals surface area contributed by atoms with E-state index in [1.165, 1.54) is 12.3 Å². The molecule has 0 spiro atoms. The van der Waals surface area contributed by atoms with Crippen molar-refractivity contribution in [1.29, 1.82) is 0 Å². The van der Waals surface area contributed by atoms with Gasteiger partial charge in [-0.15, -0.1) is 0 Å². The van der Waals surface area contributed by atoms with Crippen LogP contribution in [-0.4, -0.2) is 13.4 Å². The Morgan fingerprint density at radius 3 is 2.39 bits per heavy atom. The lowest BCUT2D eigenvalue weighted by atomic mass is 10.3. The van der Waals surface area contributed by atoms with Crippen molar-refractivity contribution in [1.82, 2.24) is 4.98 Å². The van der Waals surface area contributed by atoms with Gasteiger partial charge in [-0.05, 0) is 24.3 Å². The summed E-state index contributed by atoms with van der Waals surface area (Å²) in [5.74, 6) is 0. The maximum atomic E-state index is 12.0. The molecule has 5 nitrogen and oxygen atoms in total. The summed E-state index contributed by atoms with van der Waals surface area (Å²) in [5.41, 5.74) is 6.57. The number of rotatable bonds is 4. The number of nitrogens with two attached hydrogens (primary N) is 1. The molecule has 6 heteroatoms. The van der Waals surface area contributed by atoms with Crippen LogP contribution in [0, 0.1) is 0 Å². The van der Waals surface area contributed by atoms with Crippen molar-refractivity contribution in [3.8, 4) is 0 Å². The summed E-state index contributed by atoms with van der Waals surface area (Å²) >= 11 is 0. The van der Waals surface area contributed by atoms with Crippen LogP contribution < -0.4 is 10.5 Å². The van der Waals surface area contributed by atoms with Crippen LogP contribution in [0.5, 0.6) is 0 Å². The van der Waals surface area contributed by atoms with Crippen molar-refractivity contribution in [2.24, 2.45) is 5.73 Å². The molecule has 2 aromatic rings. The molecule has 0 bridgehead atoms. The van der Waals surface area contributed by atoms with Crippen LogP contribution in [0.3, 0.4) is 0 Å². The first kappa shape index (κ1) is 12.5. The van der Waals surface area contributed by atoms with Crippen molar-refractivity contribution in [2.45, 2.75) is 11.4 Å². The standard InChI is InChI=1S/C12H13N3O2S/c13-8-11-6-7-12(9-14-11)18(16,17)15-10-4-2-1-3-5-10/h1-7,9,15H,8,13H2. The van der Waals surface area contributed by atoms with Gasteiger partial charge in [0.05, 0.1) is 5.69 Å². The van der Waals surface area contributed by atoms with E-state index in [1.807, 2.05) is 6.07 Å². The molecule has 0 atom stereocenters. The van der Waals surface area contributed by atoms with E-state index in [1.54, 1.807) is 30.3 Å². The normalized spacial score (nSPS) is 11.2. The Bertz CT molecular complexity index is 610. The van der Waals surface area contributed by atoms with Gasteiger partial charge in [0.2, 0.25) is 0 Å². The number of sulfonamides is 1. The summed E-state index contributed by atoms with van der Waals surface area (Å²) in [4.78, 5) is 4.08. The largest absolute Gasteiger partial charge is 0.325 e. The lowest BCUT2D eigenvalue weighted by molar-refractivity contribution is 0.600. The first-order chi connectivity index (χ1) is 8.62. The highest BCUT2D eigenvalue weighted by molar-refractivity contribution is 7.92. The number of aromatic nitrogens is 1. The zero-order valence-electron chi connectivity index (χ0n) is 9.58. The maximum absolute atomic E-state index is 12.0. The summed E-state index contributed by atoms with van der Waals surface area (Å²) in [6.45, 7) is 0.284. The highest BCUT2D eigenvalue weighted by Gasteiger charge is 2.14. The molecule has 1 aromatic carbocycles. The lowest BCUT2D eigenvalue weighted by Crippen LogP contribution is -2.13. The summed E-state index contributed by atoms with van der Waals surface area (Å²) in [6.07, 6.45) is 1.30. The number of hydrogen-bond donors (Lipinski definition) is 2. The van der Waals surface area contributed by atoms with Gasteiger partial charge in [-0.2, -0.15) is 0 Å². The van der Waals surface area contributed by atoms with E-state index in [2.05, 4.69) is 9.71 Å². The molecule has 94 valence electrons. The monoisotopic (exact) mass is 263 g/mol. The summed E-state index contributed by atoms with van der Waals surface area (Å²) in [7, 11) is -3.59. The van der Waals surface area contributed by atoms with Crippen LogP contribution in [0.25, 0.3) is 0 Å². The van der Waals surface area contributed by atoms with E-state index in [4.69, 9.17) is 5.73 Å². The van der Waals surface area contributed by atoms with Crippen LogP contribution in [0.1, 0.15) is 5.69 Å². The Morgan fingerprint density at radius 2 is 1.83 bits per heavy atom. The van der Waals surface area contributed by atoms with Gasteiger partial charge in [-0.1, -0.05) is 18.2 Å². The molecule has 0 unspecified atom stereocenters. The van der Waals surface area contributed by atoms with Crippen LogP contribution in [-0.2, 0) is 16.6 Å². The zero-order valence-corrected chi connectivity index (χ0v) is 10.4. The van der Waals surface area contributed by atoms with Crippen LogP contribution in [0.15, 0.2) is 53.6 Å². The van der Waals surface area contributed by atoms with Crippen molar-refractivity contribution in [3.63, 3.8) is 0 Å². The Balaban J connectivity index is 2.25. The third-order valence-electron chi connectivity index (χ3n) is 2.34. The van der Waals surface area contributed by atoms with Gasteiger partial charge in [0, 0.05) is 18.4 Å². The van der Waals surface area contributed by atoms with E-state index < -0.39 is 10.0 Å². The number of para-hydroxylation sites is 1. The van der Waals surface area contributed by atoms with Gasteiger partial charge in [0.25, 0.3) is 10.0 Å². The molecule has 0 saturated heterocycles. The average molecular weight is 263 g/mol. The molecule has 0 aliphatic carbocycles. The number of anilines is 1. The number of pyridine rings is 1. The second-order valence-electron chi connectivity index (χ2n) is 3.66. The van der Waals surface area contributed by atoms with Gasteiger partial charge in [-0.25, -0.2) is 8.42 Å². The number of nitrogens with zero attached hydrogens (tertiary/aromatic N) is 1. The Hall–Kier alpha value is -1.92. The Kier molecular flexibility index (Phi) is 3.59. The topological polar surface area (TPSA) is 85.1 Å². The summed E-state index contributed by atoms with van der Waals surface area (Å²) in [5, 5.41) is 0. The van der Waals surface area contributed by atoms with Crippen LogP contribution in [0.4, 0.5) is 5.69 Å². The Labute approximate surface area is 106 Å². The van der Waals surface area contributed by atoms with E-state index in [0.717, 1.165) is 0 Å². The second-order valence-corrected chi connectivity index (χ2v) is 5.34. The summed E-state index contributed by atoms with van der Waals surface area (Å²) < 4.78 is 26.5. The van der Waals surface area contributed by atoms with Gasteiger partial charge in [0.1, 0.15) is 4.90 Å². The minimum atomic E-state index is -3.59. The molecule has 0 saturated carbocycles. The quantitative estimate of drug-likeness (QED) is 0.871. The number of hydrogen-bond acceptors (Lipinski definition) is 4. The van der Waals surface area contributed by atoms with Crippen LogP contribution >= 0.6 is 0 Å². The summed E-state index contributed by atoms with van der Waals surface area (Å²) in [6, 6.07) is 11.8. The molecule has 0 aliphatic rings. The fourth-order valence-corrected chi connectivity index (χ4v) is 2.41. The highest BCUT2D eigenvalue weighted by Crippen LogP contribution is 2.14. The fourth-order valence-electron chi connectivity index (χ4n) is 1.41. The fraction of sp³-hybridized carbons (Fsp3) is 0.0833. The number of benzene rings is 1. The molecule has 0 radical (unpaired) electrons. The van der Waals surface area contributed by atoms with Crippen LogP contribution in [0.2, 0.25) is 0 Å². The van der Waals surface area contributed by atoms with Crippen molar-refractivity contribution in [2.75, 3.05) is 4.72 Å². The molecule has 0 fully saturated rings. The number of nitrogens with one attached hydrogen (secondary N) is 1. The zero-order chi connectivity index (χ0) is 13.0. The average Bonchev–Trinajstić information content (AvgIpc) is 2.39. The predicted molar refractivity (Wildman–Crippen MR) is 69.4 cm³/mol.